The van der Waals surface area contributed by atoms with Crippen LogP contribution in [0.1, 0.15) is 27.7 Å². The fraction of sp³-hybridized carbons (Fsp3) is 0.750. The van der Waals surface area contributed by atoms with Crippen molar-refractivity contribution in [2.45, 2.75) is 33.7 Å². The van der Waals surface area contributed by atoms with Crippen LogP contribution >= 0.6 is 0 Å². The molecule has 0 aliphatic heterocycles. The van der Waals surface area contributed by atoms with Crippen LogP contribution in [0.4, 0.5) is 0 Å². The number of rotatable bonds is 10. The van der Waals surface area contributed by atoms with Gasteiger partial charge in [0.2, 0.25) is 5.91 Å². The Labute approximate surface area is 111 Å². The standard InChI is InChI=1S/C12H25NO4Si/c1-6-15-18(16-7-2,17-8-3)10-9-13-12(14)11(4)5/h4,6-10H2,1-3,5H3,(H,13,14). The number of carbonyl (C=O) groups excluding carboxylic acids is 1. The van der Waals surface area contributed by atoms with Gasteiger partial charge in [0.05, 0.1) is 0 Å². The topological polar surface area (TPSA) is 56.8 Å². The Hall–Kier alpha value is -0.693. The third kappa shape index (κ3) is 6.30. The zero-order valence-electron chi connectivity index (χ0n) is 11.9. The van der Waals surface area contributed by atoms with Gasteiger partial charge in [-0.2, -0.15) is 0 Å². The molecular formula is C12H25NO4Si. The van der Waals surface area contributed by atoms with Crippen molar-refractivity contribution in [3.05, 3.63) is 12.2 Å². The van der Waals surface area contributed by atoms with Crippen LogP contribution in [-0.4, -0.2) is 41.1 Å². The zero-order valence-corrected chi connectivity index (χ0v) is 12.9. The zero-order chi connectivity index (χ0) is 14.0. The maximum Gasteiger partial charge on any atom is 0.502 e. The monoisotopic (exact) mass is 275 g/mol. The summed E-state index contributed by atoms with van der Waals surface area (Å²) in [5.41, 5.74) is 0.492. The molecule has 0 heterocycles. The van der Waals surface area contributed by atoms with E-state index in [2.05, 4.69) is 11.9 Å². The number of hydrogen-bond acceptors (Lipinski definition) is 4. The van der Waals surface area contributed by atoms with E-state index in [1.54, 1.807) is 6.92 Å². The average molecular weight is 275 g/mol. The summed E-state index contributed by atoms with van der Waals surface area (Å²) in [7, 11) is -2.64. The number of nitrogens with one attached hydrogen (secondary N) is 1. The normalized spacial score (nSPS) is 11.3. The van der Waals surface area contributed by atoms with Gasteiger partial charge in [-0.05, 0) is 27.7 Å². The van der Waals surface area contributed by atoms with Crippen molar-refractivity contribution < 1.29 is 18.1 Å². The van der Waals surface area contributed by atoms with Crippen LogP contribution < -0.4 is 5.32 Å². The maximum atomic E-state index is 11.4. The molecule has 0 saturated carbocycles. The molecule has 106 valence electrons. The fourth-order valence-electron chi connectivity index (χ4n) is 1.48. The lowest BCUT2D eigenvalue weighted by molar-refractivity contribution is -0.117. The highest BCUT2D eigenvalue weighted by Crippen LogP contribution is 2.15. The van der Waals surface area contributed by atoms with E-state index in [0.717, 1.165) is 0 Å². The molecule has 0 radical (unpaired) electrons. The summed E-state index contributed by atoms with van der Waals surface area (Å²) in [6.45, 7) is 13.1. The van der Waals surface area contributed by atoms with E-state index in [9.17, 15) is 4.79 Å². The Morgan fingerprint density at radius 1 is 1.11 bits per heavy atom. The molecule has 0 aromatic rings. The Morgan fingerprint density at radius 3 is 1.89 bits per heavy atom. The summed E-state index contributed by atoms with van der Waals surface area (Å²) in [6, 6.07) is 0.571. The van der Waals surface area contributed by atoms with Crippen molar-refractivity contribution >= 4 is 14.7 Å². The first kappa shape index (κ1) is 17.3. The van der Waals surface area contributed by atoms with Crippen molar-refractivity contribution in [1.82, 2.24) is 5.32 Å². The van der Waals surface area contributed by atoms with Gasteiger partial charge in [-0.25, -0.2) is 0 Å². The van der Waals surface area contributed by atoms with Gasteiger partial charge in [0.15, 0.2) is 0 Å². The van der Waals surface area contributed by atoms with E-state index >= 15 is 0 Å². The molecule has 0 fully saturated rings. The van der Waals surface area contributed by atoms with Crippen LogP contribution in [0.25, 0.3) is 0 Å². The predicted molar refractivity (Wildman–Crippen MR) is 73.3 cm³/mol. The van der Waals surface area contributed by atoms with Crippen molar-refractivity contribution in [1.29, 1.82) is 0 Å². The van der Waals surface area contributed by atoms with E-state index in [0.29, 0.717) is 38.0 Å². The molecule has 0 aromatic carbocycles. The van der Waals surface area contributed by atoms with Crippen LogP contribution in [0, 0.1) is 0 Å². The summed E-state index contributed by atoms with van der Waals surface area (Å²) < 4.78 is 17.0. The molecule has 6 heteroatoms. The molecule has 0 atom stereocenters. The summed E-state index contributed by atoms with van der Waals surface area (Å²) in [4.78, 5) is 11.4. The molecule has 0 aliphatic rings. The molecule has 1 N–H and O–H groups in total. The van der Waals surface area contributed by atoms with E-state index in [4.69, 9.17) is 13.3 Å². The van der Waals surface area contributed by atoms with Crippen LogP contribution in [-0.2, 0) is 18.1 Å². The molecule has 0 aliphatic carbocycles. The lowest BCUT2D eigenvalue weighted by Crippen LogP contribution is -2.48. The smallest absolute Gasteiger partial charge is 0.374 e. The average Bonchev–Trinajstić information content (AvgIpc) is 2.29. The lowest BCUT2D eigenvalue weighted by Gasteiger charge is -2.28. The molecular weight excluding hydrogens is 250 g/mol. The Bertz CT molecular complexity index is 254. The molecule has 0 spiro atoms. The molecule has 18 heavy (non-hydrogen) atoms. The van der Waals surface area contributed by atoms with Crippen LogP contribution in [0.15, 0.2) is 12.2 Å². The highest BCUT2D eigenvalue weighted by molar-refractivity contribution is 6.60. The molecule has 0 unspecified atom stereocenters. The molecule has 0 saturated heterocycles. The minimum absolute atomic E-state index is 0.151. The molecule has 5 nitrogen and oxygen atoms in total. The van der Waals surface area contributed by atoms with Crippen LogP contribution in [0.3, 0.4) is 0 Å². The Balaban J connectivity index is 4.37. The largest absolute Gasteiger partial charge is 0.502 e. The van der Waals surface area contributed by atoms with Crippen molar-refractivity contribution in [3.63, 3.8) is 0 Å². The van der Waals surface area contributed by atoms with Gasteiger partial charge >= 0.3 is 8.80 Å². The first-order valence-corrected chi connectivity index (χ1v) is 8.30. The third-order valence-electron chi connectivity index (χ3n) is 2.20. The molecule has 0 aromatic heterocycles. The number of amides is 1. The van der Waals surface area contributed by atoms with Gasteiger partial charge in [0.25, 0.3) is 0 Å². The lowest BCUT2D eigenvalue weighted by atomic mass is 10.3. The highest BCUT2D eigenvalue weighted by Gasteiger charge is 2.39. The first-order valence-electron chi connectivity index (χ1n) is 6.36. The van der Waals surface area contributed by atoms with Crippen LogP contribution in [0.5, 0.6) is 0 Å². The van der Waals surface area contributed by atoms with Gasteiger partial charge in [-0.1, -0.05) is 6.58 Å². The second-order valence-electron chi connectivity index (χ2n) is 3.77. The maximum absolute atomic E-state index is 11.4. The van der Waals surface area contributed by atoms with E-state index in [1.165, 1.54) is 0 Å². The minimum atomic E-state index is -2.64. The summed E-state index contributed by atoms with van der Waals surface area (Å²) in [5, 5.41) is 2.77. The second kappa shape index (κ2) is 9.27. The highest BCUT2D eigenvalue weighted by atomic mass is 28.4. The third-order valence-corrected chi connectivity index (χ3v) is 5.24. The van der Waals surface area contributed by atoms with Crippen molar-refractivity contribution in [2.24, 2.45) is 0 Å². The summed E-state index contributed by atoms with van der Waals surface area (Å²) in [5.74, 6) is -0.151. The number of hydrogen-bond donors (Lipinski definition) is 1. The Morgan fingerprint density at radius 2 is 1.56 bits per heavy atom. The van der Waals surface area contributed by atoms with Gasteiger partial charge < -0.3 is 18.6 Å². The second-order valence-corrected chi connectivity index (χ2v) is 6.50. The number of carbonyl (C=O) groups is 1. The van der Waals surface area contributed by atoms with E-state index in [1.807, 2.05) is 20.8 Å². The quantitative estimate of drug-likeness (QED) is 0.487. The summed E-state index contributed by atoms with van der Waals surface area (Å²) in [6.07, 6.45) is 0. The van der Waals surface area contributed by atoms with Crippen molar-refractivity contribution in [2.75, 3.05) is 26.4 Å². The molecule has 0 rings (SSSR count). The van der Waals surface area contributed by atoms with Gasteiger partial charge in [-0.3, -0.25) is 4.79 Å². The van der Waals surface area contributed by atoms with Gasteiger partial charge in [0, 0.05) is 38.0 Å². The minimum Gasteiger partial charge on any atom is -0.374 e. The predicted octanol–water partition coefficient (Wildman–Crippen LogP) is 1.73. The fourth-order valence-corrected chi connectivity index (χ4v) is 3.91. The van der Waals surface area contributed by atoms with E-state index in [-0.39, 0.29) is 5.91 Å². The van der Waals surface area contributed by atoms with E-state index < -0.39 is 8.80 Å². The SMILES string of the molecule is C=C(C)C(=O)NCC[Si](OCC)(OCC)OCC. The Kier molecular flexibility index (Phi) is 8.91. The van der Waals surface area contributed by atoms with Gasteiger partial charge in [0.1, 0.15) is 0 Å². The van der Waals surface area contributed by atoms with Crippen LogP contribution in [0.2, 0.25) is 6.04 Å². The van der Waals surface area contributed by atoms with Crippen molar-refractivity contribution in [3.8, 4) is 0 Å². The van der Waals surface area contributed by atoms with Gasteiger partial charge in [-0.15, -0.1) is 0 Å². The first-order chi connectivity index (χ1) is 8.51. The molecule has 1 amide bonds. The molecule has 0 bridgehead atoms. The summed E-state index contributed by atoms with van der Waals surface area (Å²) >= 11 is 0.